The van der Waals surface area contributed by atoms with Crippen LogP contribution in [0.15, 0.2) is 27.6 Å². The number of hydrogen-bond acceptors (Lipinski definition) is 3. The van der Waals surface area contributed by atoms with E-state index in [-0.39, 0.29) is 9.92 Å². The van der Waals surface area contributed by atoms with Gasteiger partial charge in [-0.2, -0.15) is 0 Å². The van der Waals surface area contributed by atoms with Gasteiger partial charge in [0, 0.05) is 17.1 Å². The molecule has 106 valence electrons. The first kappa shape index (κ1) is 15.3. The van der Waals surface area contributed by atoms with Crippen LogP contribution in [0.5, 0.6) is 0 Å². The Balaban J connectivity index is 1.97. The van der Waals surface area contributed by atoms with Gasteiger partial charge in [-0.25, -0.2) is 13.1 Å². The summed E-state index contributed by atoms with van der Waals surface area (Å²) in [7, 11) is -3.53. The van der Waals surface area contributed by atoms with Crippen molar-refractivity contribution in [1.82, 2.24) is 10.0 Å². The van der Waals surface area contributed by atoms with Gasteiger partial charge in [0.1, 0.15) is 4.90 Å². The Morgan fingerprint density at radius 3 is 2.89 bits per heavy atom. The molecule has 1 aromatic rings. The number of halogens is 2. The van der Waals surface area contributed by atoms with E-state index in [1.54, 1.807) is 12.1 Å². The summed E-state index contributed by atoms with van der Waals surface area (Å²) in [5.74, 6) is 0. The van der Waals surface area contributed by atoms with Crippen LogP contribution < -0.4 is 10.0 Å². The standard InChI is InChI=1S/C12H16BrClN2O2S/c13-9-3-4-12(11(14)8-9)19(17,18)16-7-5-10-2-1-6-15-10/h3-4,8,10,15-16H,1-2,5-7H2/t10-/m0/s1. The lowest BCUT2D eigenvalue weighted by Crippen LogP contribution is -2.30. The topological polar surface area (TPSA) is 58.2 Å². The fraction of sp³-hybridized carbons (Fsp3) is 0.500. The number of rotatable bonds is 5. The van der Waals surface area contributed by atoms with E-state index in [9.17, 15) is 8.42 Å². The van der Waals surface area contributed by atoms with E-state index < -0.39 is 10.0 Å². The maximum atomic E-state index is 12.1. The summed E-state index contributed by atoms with van der Waals surface area (Å²) >= 11 is 9.21. The molecule has 0 radical (unpaired) electrons. The minimum absolute atomic E-state index is 0.122. The van der Waals surface area contributed by atoms with E-state index in [1.165, 1.54) is 6.07 Å². The average Bonchev–Trinajstić information content (AvgIpc) is 2.81. The van der Waals surface area contributed by atoms with Crippen molar-refractivity contribution in [3.8, 4) is 0 Å². The summed E-state index contributed by atoms with van der Waals surface area (Å²) in [6.07, 6.45) is 3.07. The van der Waals surface area contributed by atoms with E-state index in [1.807, 2.05) is 0 Å². The van der Waals surface area contributed by atoms with Crippen LogP contribution in [0.25, 0.3) is 0 Å². The lowest BCUT2D eigenvalue weighted by molar-refractivity contribution is 0.539. The van der Waals surface area contributed by atoms with E-state index in [2.05, 4.69) is 26.0 Å². The van der Waals surface area contributed by atoms with E-state index in [0.29, 0.717) is 12.6 Å². The highest BCUT2D eigenvalue weighted by Gasteiger charge is 2.19. The summed E-state index contributed by atoms with van der Waals surface area (Å²) in [6.45, 7) is 1.45. The Bertz CT molecular complexity index is 545. The molecule has 0 saturated carbocycles. The summed E-state index contributed by atoms with van der Waals surface area (Å²) in [6, 6.07) is 5.17. The Hall–Kier alpha value is -0.140. The second-order valence-corrected chi connectivity index (χ2v) is 7.61. The first-order valence-corrected chi connectivity index (χ1v) is 8.82. The van der Waals surface area contributed by atoms with Crippen LogP contribution in [0.3, 0.4) is 0 Å². The van der Waals surface area contributed by atoms with Crippen molar-refractivity contribution in [3.63, 3.8) is 0 Å². The zero-order chi connectivity index (χ0) is 13.9. The van der Waals surface area contributed by atoms with Crippen molar-refractivity contribution in [3.05, 3.63) is 27.7 Å². The van der Waals surface area contributed by atoms with Crippen LogP contribution >= 0.6 is 27.5 Å². The monoisotopic (exact) mass is 366 g/mol. The molecule has 2 rings (SSSR count). The second kappa shape index (κ2) is 6.54. The lowest BCUT2D eigenvalue weighted by Gasteiger charge is -2.12. The average molecular weight is 368 g/mol. The number of nitrogens with one attached hydrogen (secondary N) is 2. The van der Waals surface area contributed by atoms with Crippen LogP contribution in [0.2, 0.25) is 5.02 Å². The largest absolute Gasteiger partial charge is 0.314 e. The summed E-state index contributed by atoms with van der Waals surface area (Å²) in [5.41, 5.74) is 0. The summed E-state index contributed by atoms with van der Waals surface area (Å²) in [5, 5.41) is 3.56. The molecule has 0 aromatic heterocycles. The van der Waals surface area contributed by atoms with E-state index >= 15 is 0 Å². The van der Waals surface area contributed by atoms with Crippen molar-refractivity contribution < 1.29 is 8.42 Å². The molecule has 0 bridgehead atoms. The van der Waals surface area contributed by atoms with Crippen molar-refractivity contribution >= 4 is 37.6 Å². The Kier molecular flexibility index (Phi) is 5.25. The van der Waals surface area contributed by atoms with Gasteiger partial charge in [-0.3, -0.25) is 0 Å². The van der Waals surface area contributed by atoms with Crippen LogP contribution in [-0.4, -0.2) is 27.5 Å². The predicted octanol–water partition coefficient (Wildman–Crippen LogP) is 2.52. The van der Waals surface area contributed by atoms with Crippen molar-refractivity contribution in [2.75, 3.05) is 13.1 Å². The normalized spacial score (nSPS) is 19.8. The molecule has 19 heavy (non-hydrogen) atoms. The minimum Gasteiger partial charge on any atom is -0.314 e. The van der Waals surface area contributed by atoms with Crippen LogP contribution in [0.1, 0.15) is 19.3 Å². The molecule has 1 aromatic carbocycles. The van der Waals surface area contributed by atoms with Crippen LogP contribution in [0.4, 0.5) is 0 Å². The zero-order valence-electron chi connectivity index (χ0n) is 10.3. The number of sulfonamides is 1. The molecule has 4 nitrogen and oxygen atoms in total. The molecule has 0 amide bonds. The molecule has 2 N–H and O–H groups in total. The molecule has 1 atom stereocenters. The van der Waals surface area contributed by atoms with Gasteiger partial charge in [0.25, 0.3) is 0 Å². The smallest absolute Gasteiger partial charge is 0.242 e. The number of hydrogen-bond donors (Lipinski definition) is 2. The zero-order valence-corrected chi connectivity index (χ0v) is 13.5. The first-order valence-electron chi connectivity index (χ1n) is 6.17. The highest BCUT2D eigenvalue weighted by atomic mass is 79.9. The molecule has 1 fully saturated rings. The minimum atomic E-state index is -3.53. The molecule has 0 spiro atoms. The van der Waals surface area contributed by atoms with Gasteiger partial charge in [-0.1, -0.05) is 27.5 Å². The van der Waals surface area contributed by atoms with Gasteiger partial charge in [0.15, 0.2) is 0 Å². The van der Waals surface area contributed by atoms with E-state index in [0.717, 1.165) is 30.3 Å². The Morgan fingerprint density at radius 1 is 1.47 bits per heavy atom. The maximum absolute atomic E-state index is 12.1. The molecule has 7 heteroatoms. The third-order valence-electron chi connectivity index (χ3n) is 3.13. The highest BCUT2D eigenvalue weighted by molar-refractivity contribution is 9.10. The van der Waals surface area contributed by atoms with Gasteiger partial charge in [0.2, 0.25) is 10.0 Å². The maximum Gasteiger partial charge on any atom is 0.242 e. The molecule has 0 unspecified atom stereocenters. The third kappa shape index (κ3) is 4.16. The fourth-order valence-corrected chi connectivity index (χ4v) is 4.22. The molecular formula is C12H16BrClN2O2S. The van der Waals surface area contributed by atoms with Crippen LogP contribution in [-0.2, 0) is 10.0 Å². The highest BCUT2D eigenvalue weighted by Crippen LogP contribution is 2.25. The van der Waals surface area contributed by atoms with Gasteiger partial charge in [0.05, 0.1) is 5.02 Å². The molecular weight excluding hydrogens is 352 g/mol. The van der Waals surface area contributed by atoms with Gasteiger partial charge in [-0.15, -0.1) is 0 Å². The molecule has 1 saturated heterocycles. The van der Waals surface area contributed by atoms with Crippen molar-refractivity contribution in [1.29, 1.82) is 0 Å². The summed E-state index contributed by atoms with van der Waals surface area (Å²) < 4.78 is 27.6. The van der Waals surface area contributed by atoms with Gasteiger partial charge in [-0.05, 0) is 44.0 Å². The van der Waals surface area contributed by atoms with Gasteiger partial charge >= 0.3 is 0 Å². The van der Waals surface area contributed by atoms with Crippen molar-refractivity contribution in [2.45, 2.75) is 30.2 Å². The lowest BCUT2D eigenvalue weighted by atomic mass is 10.2. The molecule has 1 heterocycles. The van der Waals surface area contributed by atoms with Gasteiger partial charge < -0.3 is 5.32 Å². The Labute approximate surface area is 127 Å². The molecule has 0 aliphatic carbocycles. The Morgan fingerprint density at radius 2 is 2.26 bits per heavy atom. The second-order valence-electron chi connectivity index (χ2n) is 4.55. The number of benzene rings is 1. The summed E-state index contributed by atoms with van der Waals surface area (Å²) in [4.78, 5) is 0.122. The third-order valence-corrected chi connectivity index (χ3v) is 5.57. The van der Waals surface area contributed by atoms with Crippen molar-refractivity contribution in [2.24, 2.45) is 0 Å². The predicted molar refractivity (Wildman–Crippen MR) is 80.0 cm³/mol. The first-order chi connectivity index (χ1) is 8.99. The van der Waals surface area contributed by atoms with Crippen LogP contribution in [0, 0.1) is 0 Å². The van der Waals surface area contributed by atoms with E-state index in [4.69, 9.17) is 11.6 Å². The fourth-order valence-electron chi connectivity index (χ4n) is 2.14. The quantitative estimate of drug-likeness (QED) is 0.841. The molecule has 1 aliphatic rings. The SMILES string of the molecule is O=S(=O)(NCC[C@@H]1CCCN1)c1ccc(Br)cc1Cl. The molecule has 1 aliphatic heterocycles.